The van der Waals surface area contributed by atoms with Crippen molar-refractivity contribution in [2.75, 3.05) is 34.5 Å². The second-order valence-corrected chi connectivity index (χ2v) is 9.39. The number of carbonyl (C=O) groups excluding carboxylic acids is 1. The maximum Gasteiger partial charge on any atom is 0.185 e. The van der Waals surface area contributed by atoms with Gasteiger partial charge in [-0.15, -0.1) is 0 Å². The van der Waals surface area contributed by atoms with E-state index < -0.39 is 0 Å². The Kier molecular flexibility index (Phi) is 12.3. The van der Waals surface area contributed by atoms with Gasteiger partial charge in [-0.05, 0) is 11.1 Å². The Bertz CT molecular complexity index is 431. The van der Waals surface area contributed by atoms with Crippen molar-refractivity contribution in [3.8, 4) is 0 Å². The summed E-state index contributed by atoms with van der Waals surface area (Å²) in [6, 6.07) is 8.62. The summed E-state index contributed by atoms with van der Waals surface area (Å²) < 4.78 is 0. The number of thioether (sulfide) groups is 4. The van der Waals surface area contributed by atoms with Crippen molar-refractivity contribution in [2.24, 2.45) is 0 Å². The van der Waals surface area contributed by atoms with Crippen LogP contribution in [-0.4, -0.2) is 39.6 Å². The molecule has 0 atom stereocenters. The van der Waals surface area contributed by atoms with Crippen molar-refractivity contribution in [3.05, 3.63) is 42.0 Å². The lowest BCUT2D eigenvalue weighted by Crippen LogP contribution is -1.94. The summed E-state index contributed by atoms with van der Waals surface area (Å²) in [4.78, 5) is 10.8. The van der Waals surface area contributed by atoms with Crippen molar-refractivity contribution >= 4 is 58.2 Å². The molecule has 0 aromatic heterocycles. The van der Waals surface area contributed by atoms with Crippen LogP contribution >= 0.6 is 47.0 Å². The molecule has 0 spiro atoms. The first-order chi connectivity index (χ1) is 10.7. The number of hydrogen-bond acceptors (Lipinski definition) is 5. The zero-order valence-electron chi connectivity index (χ0n) is 13.1. The highest BCUT2D eigenvalue weighted by Gasteiger charge is 1.97. The summed E-state index contributed by atoms with van der Waals surface area (Å²) >= 11 is 7.41. The third-order valence-corrected chi connectivity index (χ3v) is 7.35. The topological polar surface area (TPSA) is 17.1 Å². The van der Waals surface area contributed by atoms with Gasteiger partial charge in [0.25, 0.3) is 0 Å². The highest BCUT2D eigenvalue weighted by Crippen LogP contribution is 2.16. The number of benzene rings is 1. The predicted molar refractivity (Wildman–Crippen MR) is 110 cm³/mol. The van der Waals surface area contributed by atoms with Crippen LogP contribution in [0.3, 0.4) is 0 Å². The van der Waals surface area contributed by atoms with Gasteiger partial charge < -0.3 is 0 Å². The van der Waals surface area contributed by atoms with Crippen molar-refractivity contribution < 1.29 is 4.79 Å². The van der Waals surface area contributed by atoms with Gasteiger partial charge in [-0.1, -0.05) is 48.7 Å². The minimum absolute atomic E-state index is 0.228. The molecule has 0 bridgehead atoms. The van der Waals surface area contributed by atoms with Crippen LogP contribution in [0.4, 0.5) is 0 Å². The van der Waals surface area contributed by atoms with Crippen molar-refractivity contribution in [1.29, 1.82) is 0 Å². The van der Waals surface area contributed by atoms with E-state index in [0.29, 0.717) is 0 Å². The molecule has 22 heavy (non-hydrogen) atoms. The maximum atomic E-state index is 10.8. The molecule has 0 radical (unpaired) electrons. The summed E-state index contributed by atoms with van der Waals surface area (Å²) in [5.74, 6) is 7.96. The van der Waals surface area contributed by atoms with Gasteiger partial charge in [0.1, 0.15) is 0 Å². The van der Waals surface area contributed by atoms with Gasteiger partial charge in [-0.3, -0.25) is 4.79 Å². The van der Waals surface area contributed by atoms with Crippen LogP contribution in [0.5, 0.6) is 0 Å². The van der Waals surface area contributed by atoms with E-state index in [1.165, 1.54) is 45.9 Å². The third kappa shape index (κ3) is 10.7. The summed E-state index contributed by atoms with van der Waals surface area (Å²) in [5.41, 5.74) is 2.57. The minimum atomic E-state index is 0.228. The molecule has 0 aliphatic carbocycles. The second-order valence-electron chi connectivity index (χ2n) is 4.56. The number of rotatable bonds is 12. The van der Waals surface area contributed by atoms with E-state index in [0.717, 1.165) is 17.3 Å². The molecule has 1 nitrogen and oxygen atoms in total. The molecule has 0 saturated carbocycles. The van der Waals surface area contributed by atoms with Crippen molar-refractivity contribution in [3.63, 3.8) is 0 Å². The quantitative estimate of drug-likeness (QED) is 0.461. The van der Waals surface area contributed by atoms with Gasteiger partial charge in [0, 0.05) is 47.2 Å². The first kappa shape index (κ1) is 20.1. The molecule has 122 valence electrons. The molecular weight excluding hydrogens is 348 g/mol. The fraction of sp³-hybridized carbons (Fsp3) is 0.471. The van der Waals surface area contributed by atoms with E-state index in [9.17, 15) is 4.79 Å². The smallest absolute Gasteiger partial charge is 0.185 e. The van der Waals surface area contributed by atoms with Crippen LogP contribution in [0.1, 0.15) is 18.1 Å². The molecule has 0 aliphatic heterocycles. The lowest BCUT2D eigenvalue weighted by Gasteiger charge is -2.04. The second kappa shape index (κ2) is 13.5. The van der Waals surface area contributed by atoms with E-state index >= 15 is 0 Å². The first-order valence-electron chi connectivity index (χ1n) is 7.30. The molecule has 5 heteroatoms. The van der Waals surface area contributed by atoms with Crippen LogP contribution < -0.4 is 0 Å². The molecule has 1 aromatic rings. The monoisotopic (exact) mass is 372 g/mol. The van der Waals surface area contributed by atoms with Gasteiger partial charge in [-0.2, -0.15) is 35.3 Å². The molecule has 0 N–H and O–H groups in total. The van der Waals surface area contributed by atoms with Crippen LogP contribution in [0.15, 0.2) is 30.8 Å². The maximum absolute atomic E-state index is 10.8. The van der Waals surface area contributed by atoms with Crippen molar-refractivity contribution in [1.82, 2.24) is 0 Å². The molecular formula is C17H24OS4. The van der Waals surface area contributed by atoms with E-state index in [1.54, 1.807) is 6.92 Å². The Labute approximate surface area is 151 Å². The Morgan fingerprint density at radius 3 is 2.05 bits per heavy atom. The summed E-state index contributed by atoms with van der Waals surface area (Å²) in [6.45, 7) is 5.41. The fourth-order valence-corrected chi connectivity index (χ4v) is 5.58. The van der Waals surface area contributed by atoms with E-state index in [2.05, 4.69) is 30.8 Å². The fourth-order valence-electron chi connectivity index (χ4n) is 1.62. The third-order valence-electron chi connectivity index (χ3n) is 2.76. The molecule has 1 aromatic carbocycles. The highest BCUT2D eigenvalue weighted by molar-refractivity contribution is 8.14. The molecule has 0 saturated heterocycles. The standard InChI is InChI=1S/C17H24OS4/c1-3-16-4-6-17(7-5-16)14-21-11-10-19-8-9-20-12-13-22-15(2)18/h3-7H,1,8-14H2,2H3. The Balaban J connectivity index is 1.89. The van der Waals surface area contributed by atoms with E-state index in [4.69, 9.17) is 0 Å². The van der Waals surface area contributed by atoms with Crippen molar-refractivity contribution in [2.45, 2.75) is 12.7 Å². The zero-order chi connectivity index (χ0) is 16.0. The normalized spacial score (nSPS) is 10.6. The van der Waals surface area contributed by atoms with Crippen LogP contribution in [0.25, 0.3) is 6.08 Å². The molecule has 0 aliphatic rings. The van der Waals surface area contributed by atoms with E-state index in [1.807, 2.05) is 41.4 Å². The highest BCUT2D eigenvalue weighted by atomic mass is 32.2. The summed E-state index contributed by atoms with van der Waals surface area (Å²) in [6.07, 6.45) is 1.88. The van der Waals surface area contributed by atoms with Crippen LogP contribution in [0, 0.1) is 0 Å². The van der Waals surface area contributed by atoms with E-state index in [-0.39, 0.29) is 5.12 Å². The Hall–Kier alpha value is 0.0300. The van der Waals surface area contributed by atoms with Gasteiger partial charge in [0.05, 0.1) is 0 Å². The summed E-state index contributed by atoms with van der Waals surface area (Å²) in [5, 5.41) is 0.228. The molecule has 0 unspecified atom stereocenters. The molecule has 0 heterocycles. The van der Waals surface area contributed by atoms with Crippen LogP contribution in [-0.2, 0) is 10.5 Å². The minimum Gasteiger partial charge on any atom is -0.288 e. The van der Waals surface area contributed by atoms with Gasteiger partial charge in [-0.25, -0.2) is 0 Å². The SMILES string of the molecule is C=Cc1ccc(CSCCSCCSCCSC(C)=O)cc1. The Morgan fingerprint density at radius 1 is 0.955 bits per heavy atom. The average Bonchev–Trinajstić information content (AvgIpc) is 2.53. The molecule has 0 amide bonds. The molecule has 0 fully saturated rings. The Morgan fingerprint density at radius 2 is 1.50 bits per heavy atom. The number of hydrogen-bond donors (Lipinski definition) is 0. The van der Waals surface area contributed by atoms with Gasteiger partial charge in [0.2, 0.25) is 0 Å². The van der Waals surface area contributed by atoms with Gasteiger partial charge in [0.15, 0.2) is 5.12 Å². The zero-order valence-corrected chi connectivity index (χ0v) is 16.4. The predicted octanol–water partition coefficient (Wildman–Crippen LogP) is 5.31. The summed E-state index contributed by atoms with van der Waals surface area (Å²) in [7, 11) is 0. The van der Waals surface area contributed by atoms with Crippen LogP contribution in [0.2, 0.25) is 0 Å². The lowest BCUT2D eigenvalue weighted by molar-refractivity contribution is -0.109. The number of carbonyl (C=O) groups is 1. The van der Waals surface area contributed by atoms with Gasteiger partial charge >= 0.3 is 0 Å². The first-order valence-corrected chi connectivity index (χ1v) is 11.8. The largest absolute Gasteiger partial charge is 0.288 e. The molecule has 1 rings (SSSR count). The average molecular weight is 373 g/mol. The lowest BCUT2D eigenvalue weighted by atomic mass is 10.1.